The van der Waals surface area contributed by atoms with E-state index in [1.54, 1.807) is 24.3 Å². The van der Waals surface area contributed by atoms with E-state index in [2.05, 4.69) is 16.9 Å². The molecule has 2 N–H and O–H groups in total. The zero-order chi connectivity index (χ0) is 32.6. The van der Waals surface area contributed by atoms with Crippen molar-refractivity contribution in [3.8, 4) is 11.5 Å². The van der Waals surface area contributed by atoms with Gasteiger partial charge in [0.2, 0.25) is 0 Å². The number of nitrogens with zero attached hydrogens (tertiary/aromatic N) is 2. The summed E-state index contributed by atoms with van der Waals surface area (Å²) in [5, 5.41) is 20.2. The van der Waals surface area contributed by atoms with Crippen LogP contribution in [0.1, 0.15) is 85.7 Å². The van der Waals surface area contributed by atoms with Crippen molar-refractivity contribution in [1.29, 1.82) is 0 Å². The summed E-state index contributed by atoms with van der Waals surface area (Å²) in [5.41, 5.74) is 0.931. The first-order valence-electron chi connectivity index (χ1n) is 16.2. The Morgan fingerprint density at radius 3 is 1.72 bits per heavy atom. The first-order chi connectivity index (χ1) is 22.5. The summed E-state index contributed by atoms with van der Waals surface area (Å²) in [7, 11) is 0. The van der Waals surface area contributed by atoms with Gasteiger partial charge in [-0.15, -0.1) is 0 Å². The van der Waals surface area contributed by atoms with Gasteiger partial charge in [-0.2, -0.15) is 0 Å². The third kappa shape index (κ3) is 10.7. The van der Waals surface area contributed by atoms with Crippen LogP contribution in [0, 0.1) is 0 Å². The van der Waals surface area contributed by atoms with Crippen LogP contribution in [0.15, 0.2) is 60.7 Å². The van der Waals surface area contributed by atoms with Gasteiger partial charge in [0.25, 0.3) is 0 Å². The minimum absolute atomic E-state index is 0.0342. The fourth-order valence-corrected chi connectivity index (χ4v) is 5.22. The molecule has 0 aliphatic heterocycles. The lowest BCUT2D eigenvalue weighted by atomic mass is 10.1. The Labute approximate surface area is 269 Å². The number of carboxylic acids is 2. The number of ether oxygens (including phenoxy) is 4. The molecule has 0 amide bonds. The summed E-state index contributed by atoms with van der Waals surface area (Å²) in [4.78, 5) is 31.3. The van der Waals surface area contributed by atoms with Gasteiger partial charge in [0.05, 0.1) is 25.9 Å². The maximum Gasteiger partial charge on any atom is 0.354 e. The molecule has 0 aliphatic carbocycles. The number of para-hydroxylation sites is 2. The molecule has 1 unspecified atom stereocenters. The van der Waals surface area contributed by atoms with Crippen LogP contribution in [0.4, 0.5) is 0 Å². The SMILES string of the molecule is CCCCCCCCCCC(COCCOc1cccc2ccc(C(=O)O)nc12)OCCOc1cccc2ccc(C(=O)O)nc12. The van der Waals surface area contributed by atoms with Crippen molar-refractivity contribution < 1.29 is 38.7 Å². The average Bonchev–Trinajstić information content (AvgIpc) is 3.06. The number of benzene rings is 2. The summed E-state index contributed by atoms with van der Waals surface area (Å²) >= 11 is 0. The van der Waals surface area contributed by atoms with E-state index in [0.717, 1.165) is 30.0 Å². The number of aromatic carboxylic acids is 2. The van der Waals surface area contributed by atoms with Crippen LogP contribution in [-0.2, 0) is 9.47 Å². The smallest absolute Gasteiger partial charge is 0.354 e. The number of carbonyl (C=O) groups is 2. The quantitative estimate of drug-likeness (QED) is 0.0835. The van der Waals surface area contributed by atoms with E-state index in [-0.39, 0.29) is 30.7 Å². The van der Waals surface area contributed by atoms with Crippen molar-refractivity contribution >= 4 is 33.7 Å². The fraction of sp³-hybridized carbons (Fsp3) is 0.444. The Morgan fingerprint density at radius 2 is 1.17 bits per heavy atom. The molecule has 0 radical (unpaired) electrons. The third-order valence-electron chi connectivity index (χ3n) is 7.67. The van der Waals surface area contributed by atoms with Crippen molar-refractivity contribution in [3.05, 3.63) is 72.1 Å². The number of hydrogen-bond donors (Lipinski definition) is 2. The van der Waals surface area contributed by atoms with Gasteiger partial charge in [0, 0.05) is 10.8 Å². The highest BCUT2D eigenvalue weighted by molar-refractivity contribution is 5.92. The van der Waals surface area contributed by atoms with E-state index in [0.29, 0.717) is 42.4 Å². The molecule has 4 rings (SSSR count). The molecule has 10 nitrogen and oxygen atoms in total. The maximum atomic E-state index is 11.4. The van der Waals surface area contributed by atoms with Gasteiger partial charge in [0.1, 0.15) is 47.1 Å². The predicted octanol–water partition coefficient (Wildman–Crippen LogP) is 7.57. The largest absolute Gasteiger partial charge is 0.489 e. The van der Waals surface area contributed by atoms with Crippen LogP contribution in [0.5, 0.6) is 11.5 Å². The van der Waals surface area contributed by atoms with Crippen LogP contribution >= 0.6 is 0 Å². The van der Waals surface area contributed by atoms with E-state index >= 15 is 0 Å². The molecule has 10 heteroatoms. The van der Waals surface area contributed by atoms with Gasteiger partial charge in [-0.25, -0.2) is 19.6 Å². The van der Waals surface area contributed by atoms with Crippen molar-refractivity contribution in [2.45, 2.75) is 70.8 Å². The molecule has 1 atom stereocenters. The summed E-state index contributed by atoms with van der Waals surface area (Å²) in [6.07, 6.45) is 10.5. The minimum Gasteiger partial charge on any atom is -0.489 e. The predicted molar refractivity (Wildman–Crippen MR) is 176 cm³/mol. The monoisotopic (exact) mass is 632 g/mol. The first-order valence-corrected chi connectivity index (χ1v) is 16.2. The lowest BCUT2D eigenvalue weighted by Gasteiger charge is -2.19. The average molecular weight is 633 g/mol. The van der Waals surface area contributed by atoms with Crippen LogP contribution in [0.25, 0.3) is 21.8 Å². The van der Waals surface area contributed by atoms with E-state index in [9.17, 15) is 19.8 Å². The number of hydrogen-bond acceptors (Lipinski definition) is 8. The molecule has 46 heavy (non-hydrogen) atoms. The molecule has 2 aromatic heterocycles. The minimum atomic E-state index is -1.09. The number of fused-ring (bicyclic) bond motifs is 2. The molecule has 0 bridgehead atoms. The zero-order valence-corrected chi connectivity index (χ0v) is 26.5. The van der Waals surface area contributed by atoms with Gasteiger partial charge in [-0.05, 0) is 30.7 Å². The summed E-state index contributed by atoms with van der Waals surface area (Å²) < 4.78 is 24.0. The van der Waals surface area contributed by atoms with Crippen molar-refractivity contribution in [1.82, 2.24) is 9.97 Å². The first kappa shape index (κ1) is 34.6. The Morgan fingerprint density at radius 1 is 0.652 bits per heavy atom. The topological polar surface area (TPSA) is 137 Å². The lowest BCUT2D eigenvalue weighted by molar-refractivity contribution is -0.0340. The second-order valence-electron chi connectivity index (χ2n) is 11.2. The Balaban J connectivity index is 1.26. The summed E-state index contributed by atoms with van der Waals surface area (Å²) in [6, 6.07) is 17.3. The van der Waals surface area contributed by atoms with Crippen LogP contribution < -0.4 is 9.47 Å². The van der Waals surface area contributed by atoms with Crippen molar-refractivity contribution in [2.24, 2.45) is 0 Å². The molecule has 0 saturated heterocycles. The van der Waals surface area contributed by atoms with Gasteiger partial charge >= 0.3 is 11.9 Å². The van der Waals surface area contributed by atoms with Gasteiger partial charge in [-0.1, -0.05) is 94.7 Å². The number of pyridine rings is 2. The molecule has 0 aliphatic rings. The lowest BCUT2D eigenvalue weighted by Crippen LogP contribution is -2.24. The van der Waals surface area contributed by atoms with E-state index in [1.807, 2.05) is 24.3 Å². The summed E-state index contributed by atoms with van der Waals surface area (Å²) in [5.74, 6) is -1.16. The molecule has 0 saturated carbocycles. The van der Waals surface area contributed by atoms with Crippen molar-refractivity contribution in [2.75, 3.05) is 33.0 Å². The second-order valence-corrected chi connectivity index (χ2v) is 11.2. The number of rotatable bonds is 22. The highest BCUT2D eigenvalue weighted by atomic mass is 16.6. The zero-order valence-electron chi connectivity index (χ0n) is 26.5. The van der Waals surface area contributed by atoms with Gasteiger partial charge in [-0.3, -0.25) is 0 Å². The third-order valence-corrected chi connectivity index (χ3v) is 7.67. The highest BCUT2D eigenvalue weighted by Crippen LogP contribution is 2.25. The van der Waals surface area contributed by atoms with E-state index < -0.39 is 11.9 Å². The second kappa shape index (κ2) is 18.6. The molecule has 2 aromatic carbocycles. The number of carboxylic acid groups (broad SMARTS) is 2. The molecule has 246 valence electrons. The van der Waals surface area contributed by atoms with Gasteiger partial charge < -0.3 is 29.2 Å². The number of unbranched alkanes of at least 4 members (excludes halogenated alkanes) is 7. The van der Waals surface area contributed by atoms with Crippen molar-refractivity contribution in [3.63, 3.8) is 0 Å². The molecule has 2 heterocycles. The normalized spacial score (nSPS) is 11.9. The van der Waals surface area contributed by atoms with E-state index in [1.165, 1.54) is 50.7 Å². The van der Waals surface area contributed by atoms with Crippen LogP contribution in [-0.4, -0.2) is 71.3 Å². The standard InChI is InChI=1S/C36H44N2O8/c1-2-3-4-5-6-7-8-9-14-28(44-23-24-46-32-16-11-13-27-18-20-30(36(41)42)38-34(27)32)25-43-21-22-45-31-15-10-12-26-17-19-29(35(39)40)37-33(26)31/h10-13,15-20,28H,2-9,14,21-25H2,1H3,(H,39,40)(H,41,42). The van der Waals surface area contributed by atoms with Crippen LogP contribution in [0.3, 0.4) is 0 Å². The highest BCUT2D eigenvalue weighted by Gasteiger charge is 2.13. The summed E-state index contributed by atoms with van der Waals surface area (Å²) in [6.45, 7) is 3.85. The molecular formula is C36H44N2O8. The van der Waals surface area contributed by atoms with Crippen LogP contribution in [0.2, 0.25) is 0 Å². The number of aromatic nitrogens is 2. The molecule has 0 spiro atoms. The Hall–Kier alpha value is -4.28. The Bertz CT molecular complexity index is 1560. The molecule has 0 fully saturated rings. The molecular weight excluding hydrogens is 588 g/mol. The van der Waals surface area contributed by atoms with E-state index in [4.69, 9.17) is 18.9 Å². The van der Waals surface area contributed by atoms with Gasteiger partial charge in [0.15, 0.2) is 0 Å². The maximum absolute atomic E-state index is 11.4. The molecule has 4 aromatic rings. The Kier molecular flexibility index (Phi) is 14.0. The fourth-order valence-electron chi connectivity index (χ4n) is 5.22.